The van der Waals surface area contributed by atoms with E-state index in [4.69, 9.17) is 12.2 Å². The fraction of sp³-hybridized carbons (Fsp3) is 0.786. The van der Waals surface area contributed by atoms with Crippen LogP contribution in [-0.4, -0.2) is 29.4 Å². The molecule has 2 unspecified atom stereocenters. The summed E-state index contributed by atoms with van der Waals surface area (Å²) in [5.41, 5.74) is 5.95. The standard InChI is InChI=1S/C14H24N2O/c1-3-4-5-6-10-14(17)16-11-8-7-9-13(16)12(2)15/h1,12-13H,4-11,15H2,2H3. The summed E-state index contributed by atoms with van der Waals surface area (Å²) in [7, 11) is 0. The minimum absolute atomic E-state index is 0.0740. The summed E-state index contributed by atoms with van der Waals surface area (Å²) in [6.45, 7) is 2.87. The molecular weight excluding hydrogens is 212 g/mol. The van der Waals surface area contributed by atoms with Crippen molar-refractivity contribution in [2.45, 2.75) is 64.0 Å². The van der Waals surface area contributed by atoms with Crippen LogP contribution in [0.2, 0.25) is 0 Å². The highest BCUT2D eigenvalue weighted by Gasteiger charge is 2.28. The van der Waals surface area contributed by atoms with Gasteiger partial charge in [-0.3, -0.25) is 4.79 Å². The van der Waals surface area contributed by atoms with Crippen molar-refractivity contribution in [2.24, 2.45) is 5.73 Å². The first-order valence-corrected chi connectivity index (χ1v) is 6.65. The SMILES string of the molecule is C#CCCCCC(=O)N1CCCCC1C(C)N. The molecule has 1 amide bonds. The number of nitrogens with zero attached hydrogens (tertiary/aromatic N) is 1. The van der Waals surface area contributed by atoms with Crippen LogP contribution in [0.3, 0.4) is 0 Å². The average Bonchev–Trinajstić information content (AvgIpc) is 2.34. The molecule has 0 aromatic carbocycles. The topological polar surface area (TPSA) is 46.3 Å². The lowest BCUT2D eigenvalue weighted by molar-refractivity contribution is -0.135. The van der Waals surface area contributed by atoms with Gasteiger partial charge in [0.2, 0.25) is 5.91 Å². The highest BCUT2D eigenvalue weighted by Crippen LogP contribution is 2.20. The lowest BCUT2D eigenvalue weighted by Gasteiger charge is -2.38. The molecular formula is C14H24N2O. The molecule has 1 saturated heterocycles. The Bertz CT molecular complexity index is 280. The third-order valence-corrected chi connectivity index (χ3v) is 3.44. The number of nitrogens with two attached hydrogens (primary N) is 1. The van der Waals surface area contributed by atoms with Crippen molar-refractivity contribution in [3.63, 3.8) is 0 Å². The molecule has 1 rings (SSSR count). The quantitative estimate of drug-likeness (QED) is 0.585. The van der Waals surface area contributed by atoms with E-state index in [0.717, 1.165) is 38.6 Å². The molecule has 0 bridgehead atoms. The lowest BCUT2D eigenvalue weighted by atomic mass is 9.96. The molecule has 1 aliphatic heterocycles. The predicted octanol–water partition coefficient (Wildman–Crippen LogP) is 1.91. The molecule has 2 N–H and O–H groups in total. The second-order valence-corrected chi connectivity index (χ2v) is 4.92. The van der Waals surface area contributed by atoms with Crippen molar-refractivity contribution in [3.8, 4) is 12.3 Å². The number of hydrogen-bond acceptors (Lipinski definition) is 2. The number of terminal acetylenes is 1. The summed E-state index contributed by atoms with van der Waals surface area (Å²) in [5.74, 6) is 2.86. The van der Waals surface area contributed by atoms with E-state index in [2.05, 4.69) is 5.92 Å². The van der Waals surface area contributed by atoms with Crippen LogP contribution < -0.4 is 5.73 Å². The zero-order valence-electron chi connectivity index (χ0n) is 10.8. The van der Waals surface area contributed by atoms with Crippen molar-refractivity contribution in [2.75, 3.05) is 6.54 Å². The van der Waals surface area contributed by atoms with Gasteiger partial charge in [0.05, 0.1) is 0 Å². The molecule has 0 aliphatic carbocycles. The molecule has 0 radical (unpaired) electrons. The highest BCUT2D eigenvalue weighted by atomic mass is 16.2. The normalized spacial score (nSPS) is 21.9. The van der Waals surface area contributed by atoms with E-state index < -0.39 is 0 Å². The Morgan fingerprint density at radius 1 is 1.53 bits per heavy atom. The third-order valence-electron chi connectivity index (χ3n) is 3.44. The van der Waals surface area contributed by atoms with E-state index in [1.54, 1.807) is 0 Å². The van der Waals surface area contributed by atoms with Gasteiger partial charge in [0, 0.05) is 31.5 Å². The minimum Gasteiger partial charge on any atom is -0.338 e. The smallest absolute Gasteiger partial charge is 0.222 e. The maximum absolute atomic E-state index is 12.1. The molecule has 3 nitrogen and oxygen atoms in total. The molecule has 96 valence electrons. The van der Waals surface area contributed by atoms with Crippen molar-refractivity contribution >= 4 is 5.91 Å². The minimum atomic E-state index is 0.0740. The van der Waals surface area contributed by atoms with E-state index in [0.29, 0.717) is 6.42 Å². The van der Waals surface area contributed by atoms with Gasteiger partial charge in [-0.2, -0.15) is 0 Å². The Balaban J connectivity index is 2.40. The summed E-state index contributed by atoms with van der Waals surface area (Å²) in [6, 6.07) is 0.314. The Morgan fingerprint density at radius 3 is 2.94 bits per heavy atom. The largest absolute Gasteiger partial charge is 0.338 e. The fourth-order valence-corrected chi connectivity index (χ4v) is 2.46. The van der Waals surface area contributed by atoms with Crippen molar-refractivity contribution < 1.29 is 4.79 Å². The molecule has 0 aromatic rings. The van der Waals surface area contributed by atoms with E-state index in [1.165, 1.54) is 6.42 Å². The van der Waals surface area contributed by atoms with Gasteiger partial charge < -0.3 is 10.6 Å². The van der Waals surface area contributed by atoms with E-state index in [9.17, 15) is 4.79 Å². The van der Waals surface area contributed by atoms with Gasteiger partial charge in [0.1, 0.15) is 0 Å². The number of amides is 1. The number of rotatable bonds is 5. The van der Waals surface area contributed by atoms with E-state index in [-0.39, 0.29) is 18.0 Å². The number of unbranched alkanes of at least 4 members (excludes halogenated alkanes) is 2. The van der Waals surface area contributed by atoms with Crippen molar-refractivity contribution in [1.29, 1.82) is 0 Å². The number of hydrogen-bond donors (Lipinski definition) is 1. The van der Waals surface area contributed by atoms with Gasteiger partial charge >= 0.3 is 0 Å². The number of carbonyl (C=O) groups excluding carboxylic acids is 1. The van der Waals surface area contributed by atoms with Crippen LogP contribution in [0.25, 0.3) is 0 Å². The Labute approximate surface area is 105 Å². The number of piperidine rings is 1. The van der Waals surface area contributed by atoms with Gasteiger partial charge in [0.25, 0.3) is 0 Å². The molecule has 1 heterocycles. The Kier molecular flexibility index (Phi) is 6.07. The number of likely N-dealkylation sites (tertiary alicyclic amines) is 1. The summed E-state index contributed by atoms with van der Waals surface area (Å²) >= 11 is 0. The van der Waals surface area contributed by atoms with Crippen molar-refractivity contribution in [3.05, 3.63) is 0 Å². The Hall–Kier alpha value is -1.01. The fourth-order valence-electron chi connectivity index (χ4n) is 2.46. The molecule has 2 atom stereocenters. The summed E-state index contributed by atoms with van der Waals surface area (Å²) in [4.78, 5) is 14.1. The molecule has 3 heteroatoms. The molecule has 1 fully saturated rings. The molecule has 0 saturated carbocycles. The molecule has 17 heavy (non-hydrogen) atoms. The maximum Gasteiger partial charge on any atom is 0.222 e. The van der Waals surface area contributed by atoms with Gasteiger partial charge in [-0.25, -0.2) is 0 Å². The van der Waals surface area contributed by atoms with Gasteiger partial charge in [-0.1, -0.05) is 0 Å². The van der Waals surface area contributed by atoms with Crippen LogP contribution >= 0.6 is 0 Å². The number of carbonyl (C=O) groups is 1. The van der Waals surface area contributed by atoms with Gasteiger partial charge in [-0.05, 0) is 39.0 Å². The first-order chi connectivity index (χ1) is 8.16. The molecule has 0 spiro atoms. The van der Waals surface area contributed by atoms with Crippen molar-refractivity contribution in [1.82, 2.24) is 4.90 Å². The second kappa shape index (κ2) is 7.34. The molecule has 1 aliphatic rings. The zero-order valence-corrected chi connectivity index (χ0v) is 10.8. The van der Waals surface area contributed by atoms with Crippen LogP contribution in [0.15, 0.2) is 0 Å². The Morgan fingerprint density at radius 2 is 2.29 bits per heavy atom. The highest BCUT2D eigenvalue weighted by molar-refractivity contribution is 5.76. The predicted molar refractivity (Wildman–Crippen MR) is 70.3 cm³/mol. The summed E-state index contributed by atoms with van der Waals surface area (Å²) in [5, 5.41) is 0. The van der Waals surface area contributed by atoms with Crippen LogP contribution in [0.5, 0.6) is 0 Å². The van der Waals surface area contributed by atoms with Crippen LogP contribution in [0.4, 0.5) is 0 Å². The monoisotopic (exact) mass is 236 g/mol. The third kappa shape index (κ3) is 4.40. The first kappa shape index (κ1) is 14.1. The van der Waals surface area contributed by atoms with Crippen LogP contribution in [0.1, 0.15) is 51.9 Å². The molecule has 0 aromatic heterocycles. The van der Waals surface area contributed by atoms with Gasteiger partial charge in [-0.15, -0.1) is 12.3 Å². The second-order valence-electron chi connectivity index (χ2n) is 4.92. The zero-order chi connectivity index (χ0) is 12.7. The van der Waals surface area contributed by atoms with E-state index in [1.807, 2.05) is 11.8 Å². The van der Waals surface area contributed by atoms with Gasteiger partial charge in [0.15, 0.2) is 0 Å². The average molecular weight is 236 g/mol. The van der Waals surface area contributed by atoms with Crippen LogP contribution in [0, 0.1) is 12.3 Å². The first-order valence-electron chi connectivity index (χ1n) is 6.65. The summed E-state index contributed by atoms with van der Waals surface area (Å²) in [6.07, 6.45) is 11.8. The summed E-state index contributed by atoms with van der Waals surface area (Å²) < 4.78 is 0. The lowest BCUT2D eigenvalue weighted by Crippen LogP contribution is -2.51. The maximum atomic E-state index is 12.1. The van der Waals surface area contributed by atoms with E-state index >= 15 is 0 Å². The van der Waals surface area contributed by atoms with Crippen LogP contribution in [-0.2, 0) is 4.79 Å².